The molecular weight excluding hydrogens is 514 g/mol. The van der Waals surface area contributed by atoms with Gasteiger partial charge in [-0.25, -0.2) is 9.59 Å². The molecule has 0 spiro atoms. The van der Waals surface area contributed by atoms with Gasteiger partial charge in [-0.15, -0.1) is 0 Å². The number of para-hydroxylation sites is 2. The van der Waals surface area contributed by atoms with Crippen LogP contribution in [0.5, 0.6) is 0 Å². The van der Waals surface area contributed by atoms with Crippen LogP contribution < -0.4 is 27.0 Å². The number of ether oxygens (including phenoxy) is 2. The maximum absolute atomic E-state index is 13.4. The molecule has 40 heavy (non-hydrogen) atoms. The lowest BCUT2D eigenvalue weighted by Crippen LogP contribution is -2.58. The summed E-state index contributed by atoms with van der Waals surface area (Å²) >= 11 is 0. The molecule has 0 aliphatic carbocycles. The Bertz CT molecular complexity index is 1010. The van der Waals surface area contributed by atoms with Crippen LogP contribution in [0.1, 0.15) is 75.7 Å². The van der Waals surface area contributed by atoms with Crippen LogP contribution >= 0.6 is 0 Å². The van der Waals surface area contributed by atoms with Crippen molar-refractivity contribution in [1.82, 2.24) is 16.0 Å². The molecule has 0 radical (unpaired) electrons. The molecule has 0 fully saturated rings. The second kappa shape index (κ2) is 14.9. The Morgan fingerprint density at radius 2 is 1.40 bits per heavy atom. The molecule has 0 heterocycles. The summed E-state index contributed by atoms with van der Waals surface area (Å²) in [5.74, 6) is -1.90. The number of carbonyl (C=O) groups excluding carboxylic acids is 4. The van der Waals surface area contributed by atoms with Crippen molar-refractivity contribution in [2.24, 2.45) is 11.8 Å². The molecule has 1 aromatic carbocycles. The molecule has 0 aromatic heterocycles. The number of urea groups is 1. The monoisotopic (exact) mass is 563 g/mol. The van der Waals surface area contributed by atoms with E-state index in [9.17, 15) is 19.2 Å². The quantitative estimate of drug-likeness (QED) is 0.192. The molecule has 3 atom stereocenters. The fraction of sp³-hybridized carbons (Fsp3) is 0.655. The number of nitrogens with two attached hydrogens (primary N) is 1. The standard InChI is InChI=1S/C29H49N5O6/c1-17(2)15-21(24(35)34-23(18(3)4)26(37)40-29(8,9)10)31-25(36)22(16-39-28(5,6)7)33-27(38)32-20-14-12-11-13-19(20)30/h11-14,17-18,21-23H,15-16,30H2,1-10H3,(H,31,36)(H,34,35)(H2,32,33,38)/t21-,22-,23-/m0/s1. The highest BCUT2D eigenvalue weighted by molar-refractivity contribution is 5.97. The first-order chi connectivity index (χ1) is 18.3. The molecule has 11 heteroatoms. The lowest BCUT2D eigenvalue weighted by atomic mass is 10.00. The van der Waals surface area contributed by atoms with Crippen molar-refractivity contribution >= 4 is 35.2 Å². The summed E-state index contributed by atoms with van der Waals surface area (Å²) < 4.78 is 11.3. The van der Waals surface area contributed by atoms with E-state index >= 15 is 0 Å². The summed E-state index contributed by atoms with van der Waals surface area (Å²) in [6, 6.07) is 3.06. The maximum atomic E-state index is 13.4. The van der Waals surface area contributed by atoms with Crippen LogP contribution in [0.25, 0.3) is 0 Å². The molecular formula is C29H49N5O6. The average Bonchev–Trinajstić information content (AvgIpc) is 2.78. The molecule has 6 N–H and O–H groups in total. The lowest BCUT2D eigenvalue weighted by molar-refractivity contribution is -0.160. The molecule has 0 saturated carbocycles. The molecule has 11 nitrogen and oxygen atoms in total. The van der Waals surface area contributed by atoms with Gasteiger partial charge in [0.05, 0.1) is 23.6 Å². The minimum Gasteiger partial charge on any atom is -0.458 e. The summed E-state index contributed by atoms with van der Waals surface area (Å²) in [6.45, 7) is 18.0. The van der Waals surface area contributed by atoms with Crippen molar-refractivity contribution in [3.8, 4) is 0 Å². The van der Waals surface area contributed by atoms with Crippen LogP contribution in [0.15, 0.2) is 24.3 Å². The molecule has 0 saturated heterocycles. The number of hydrogen-bond acceptors (Lipinski definition) is 7. The Labute approximate surface area is 238 Å². The SMILES string of the molecule is CC(C)C[C@H](NC(=O)[C@H](COC(C)(C)C)NC(=O)Nc1ccccc1N)C(=O)N[C@H](C(=O)OC(C)(C)C)C(C)C. The van der Waals surface area contributed by atoms with Gasteiger partial charge in [0.2, 0.25) is 11.8 Å². The number of amides is 4. The van der Waals surface area contributed by atoms with Gasteiger partial charge < -0.3 is 36.5 Å². The van der Waals surface area contributed by atoms with Gasteiger partial charge in [0.1, 0.15) is 23.7 Å². The fourth-order valence-electron chi connectivity index (χ4n) is 3.54. The zero-order chi connectivity index (χ0) is 30.8. The van der Waals surface area contributed by atoms with Crippen molar-refractivity contribution in [2.45, 2.75) is 105 Å². The minimum absolute atomic E-state index is 0.0386. The summed E-state index contributed by atoms with van der Waals surface area (Å²) in [5.41, 5.74) is 5.35. The first-order valence-corrected chi connectivity index (χ1v) is 13.7. The third-order valence-electron chi connectivity index (χ3n) is 5.48. The van der Waals surface area contributed by atoms with E-state index in [0.717, 1.165) is 0 Å². The third kappa shape index (κ3) is 13.1. The van der Waals surface area contributed by atoms with E-state index in [0.29, 0.717) is 17.8 Å². The molecule has 0 bridgehead atoms. The number of rotatable bonds is 12. The Kier molecular flexibility index (Phi) is 12.9. The highest BCUT2D eigenvalue weighted by atomic mass is 16.6. The molecule has 226 valence electrons. The Hall–Kier alpha value is -3.34. The molecule has 0 aliphatic rings. The summed E-state index contributed by atoms with van der Waals surface area (Å²) in [6.07, 6.45) is 0.302. The number of nitrogen functional groups attached to an aromatic ring is 1. The lowest BCUT2D eigenvalue weighted by Gasteiger charge is -2.29. The van der Waals surface area contributed by atoms with Crippen LogP contribution in [0.3, 0.4) is 0 Å². The number of benzene rings is 1. The predicted octanol–water partition coefficient (Wildman–Crippen LogP) is 3.59. The van der Waals surface area contributed by atoms with Crippen LogP contribution in [0.2, 0.25) is 0 Å². The van der Waals surface area contributed by atoms with E-state index in [4.69, 9.17) is 15.2 Å². The van der Waals surface area contributed by atoms with Gasteiger partial charge in [-0.2, -0.15) is 0 Å². The van der Waals surface area contributed by atoms with Crippen molar-refractivity contribution in [3.63, 3.8) is 0 Å². The van der Waals surface area contributed by atoms with E-state index in [1.54, 1.807) is 58.9 Å². The summed E-state index contributed by atoms with van der Waals surface area (Å²) in [5, 5.41) is 10.7. The second-order valence-corrected chi connectivity index (χ2v) is 12.6. The maximum Gasteiger partial charge on any atom is 0.329 e. The van der Waals surface area contributed by atoms with E-state index in [1.165, 1.54) is 0 Å². The van der Waals surface area contributed by atoms with Gasteiger partial charge in [-0.1, -0.05) is 39.8 Å². The third-order valence-corrected chi connectivity index (χ3v) is 5.48. The van der Waals surface area contributed by atoms with Gasteiger partial charge in [0.15, 0.2) is 0 Å². The summed E-state index contributed by atoms with van der Waals surface area (Å²) in [4.78, 5) is 52.3. The Morgan fingerprint density at radius 3 is 1.90 bits per heavy atom. The zero-order valence-corrected chi connectivity index (χ0v) is 25.6. The second-order valence-electron chi connectivity index (χ2n) is 12.6. The number of hydrogen-bond donors (Lipinski definition) is 5. The van der Waals surface area contributed by atoms with Crippen molar-refractivity contribution in [2.75, 3.05) is 17.7 Å². The average molecular weight is 564 g/mol. The molecule has 0 unspecified atom stereocenters. The Morgan fingerprint density at radius 1 is 0.825 bits per heavy atom. The zero-order valence-electron chi connectivity index (χ0n) is 25.6. The number of carbonyl (C=O) groups is 4. The van der Waals surface area contributed by atoms with Gasteiger partial charge in [0.25, 0.3) is 0 Å². The first kappa shape index (κ1) is 34.7. The largest absolute Gasteiger partial charge is 0.458 e. The van der Waals surface area contributed by atoms with E-state index in [2.05, 4.69) is 21.3 Å². The molecule has 1 aromatic rings. The van der Waals surface area contributed by atoms with Crippen LogP contribution in [-0.2, 0) is 23.9 Å². The van der Waals surface area contributed by atoms with Gasteiger partial charge >= 0.3 is 12.0 Å². The fourth-order valence-corrected chi connectivity index (χ4v) is 3.54. The van der Waals surface area contributed by atoms with Crippen LogP contribution in [0.4, 0.5) is 16.2 Å². The highest BCUT2D eigenvalue weighted by Gasteiger charge is 2.34. The van der Waals surface area contributed by atoms with Gasteiger partial charge in [0, 0.05) is 0 Å². The first-order valence-electron chi connectivity index (χ1n) is 13.7. The number of nitrogens with one attached hydrogen (secondary N) is 4. The van der Waals surface area contributed by atoms with E-state index < -0.39 is 53.1 Å². The van der Waals surface area contributed by atoms with E-state index in [-0.39, 0.29) is 18.4 Å². The van der Waals surface area contributed by atoms with E-state index in [1.807, 2.05) is 34.6 Å². The van der Waals surface area contributed by atoms with Crippen molar-refractivity contribution in [3.05, 3.63) is 24.3 Å². The minimum atomic E-state index is -1.13. The van der Waals surface area contributed by atoms with Crippen LogP contribution in [-0.4, -0.2) is 59.7 Å². The highest BCUT2D eigenvalue weighted by Crippen LogP contribution is 2.17. The normalized spacial score (nSPS) is 14.2. The number of anilines is 2. The smallest absolute Gasteiger partial charge is 0.329 e. The van der Waals surface area contributed by atoms with Gasteiger partial charge in [-0.05, 0) is 71.9 Å². The van der Waals surface area contributed by atoms with Crippen molar-refractivity contribution < 1.29 is 28.7 Å². The molecule has 1 rings (SSSR count). The molecule has 4 amide bonds. The number of esters is 1. The van der Waals surface area contributed by atoms with Crippen molar-refractivity contribution in [1.29, 1.82) is 0 Å². The summed E-state index contributed by atoms with van der Waals surface area (Å²) in [7, 11) is 0. The van der Waals surface area contributed by atoms with Crippen LogP contribution in [0, 0.1) is 11.8 Å². The van der Waals surface area contributed by atoms with Gasteiger partial charge in [-0.3, -0.25) is 9.59 Å². The molecule has 0 aliphatic heterocycles. The topological polar surface area (TPSA) is 161 Å². The Balaban J connectivity index is 3.11. The predicted molar refractivity (Wildman–Crippen MR) is 157 cm³/mol.